The maximum Gasteiger partial charge on any atom is 0.337 e. The Morgan fingerprint density at radius 3 is 2.34 bits per heavy atom. The predicted molar refractivity (Wildman–Crippen MR) is 111 cm³/mol. The summed E-state index contributed by atoms with van der Waals surface area (Å²) in [6.07, 6.45) is 0. The fourth-order valence-electron chi connectivity index (χ4n) is 2.84. The van der Waals surface area contributed by atoms with Gasteiger partial charge in [-0.3, -0.25) is 14.9 Å². The lowest BCUT2D eigenvalue weighted by molar-refractivity contribution is -0.384. The molecule has 2 rings (SSSR count). The summed E-state index contributed by atoms with van der Waals surface area (Å²) in [5, 5.41) is 14.4. The normalized spacial score (nSPS) is 11.0. The first-order valence-electron chi connectivity index (χ1n) is 9.13. The molecular weight excluding hydrogens is 422 g/mol. The van der Waals surface area contributed by atoms with E-state index in [1.165, 1.54) is 33.3 Å². The number of nitrogens with zero attached hydrogens (tertiary/aromatic N) is 5. The highest BCUT2D eigenvalue weighted by Gasteiger charge is 2.29. The SMILES string of the molecule is COC(=O)c1ccc(CN(C(=O)c2ccc([N+](=O)[O-])cc2N=[N+]=[N-])[C@H](C)C(=O)OC)cc1. The zero-order valence-electron chi connectivity index (χ0n) is 17.4. The van der Waals surface area contributed by atoms with Gasteiger partial charge in [-0.2, -0.15) is 0 Å². The van der Waals surface area contributed by atoms with Crippen molar-refractivity contribution >= 4 is 29.2 Å². The molecule has 166 valence electrons. The topological polar surface area (TPSA) is 165 Å². The summed E-state index contributed by atoms with van der Waals surface area (Å²) in [6, 6.07) is 8.35. The number of carbonyl (C=O) groups is 3. The molecule has 0 N–H and O–H groups in total. The Labute approximate surface area is 182 Å². The van der Waals surface area contributed by atoms with Crippen molar-refractivity contribution in [1.82, 2.24) is 4.90 Å². The second kappa shape index (κ2) is 10.5. The molecule has 0 saturated heterocycles. The van der Waals surface area contributed by atoms with Gasteiger partial charge in [0, 0.05) is 29.2 Å². The van der Waals surface area contributed by atoms with Crippen molar-refractivity contribution in [3.63, 3.8) is 0 Å². The highest BCUT2D eigenvalue weighted by Crippen LogP contribution is 2.28. The molecule has 32 heavy (non-hydrogen) atoms. The van der Waals surface area contributed by atoms with Crippen LogP contribution in [-0.4, -0.2) is 47.9 Å². The van der Waals surface area contributed by atoms with Crippen LogP contribution in [0.25, 0.3) is 10.4 Å². The minimum atomic E-state index is -1.04. The van der Waals surface area contributed by atoms with Crippen molar-refractivity contribution in [1.29, 1.82) is 0 Å². The van der Waals surface area contributed by atoms with Gasteiger partial charge in [0.15, 0.2) is 0 Å². The molecule has 0 unspecified atom stereocenters. The van der Waals surface area contributed by atoms with Crippen LogP contribution in [-0.2, 0) is 20.8 Å². The summed E-state index contributed by atoms with van der Waals surface area (Å²) in [4.78, 5) is 51.2. The van der Waals surface area contributed by atoms with E-state index in [0.29, 0.717) is 11.1 Å². The average molecular weight is 441 g/mol. The van der Waals surface area contributed by atoms with Crippen LogP contribution in [0, 0.1) is 10.1 Å². The number of amides is 1. The number of azide groups is 1. The van der Waals surface area contributed by atoms with Gasteiger partial charge >= 0.3 is 11.9 Å². The number of nitro groups is 1. The van der Waals surface area contributed by atoms with Gasteiger partial charge < -0.3 is 14.4 Å². The molecule has 12 heteroatoms. The number of ether oxygens (including phenoxy) is 2. The van der Waals surface area contributed by atoms with E-state index in [1.54, 1.807) is 12.1 Å². The third kappa shape index (κ3) is 5.37. The summed E-state index contributed by atoms with van der Waals surface area (Å²) >= 11 is 0. The fourth-order valence-corrected chi connectivity index (χ4v) is 2.84. The van der Waals surface area contributed by atoms with E-state index in [1.807, 2.05) is 0 Å². The van der Waals surface area contributed by atoms with E-state index in [0.717, 1.165) is 23.1 Å². The fraction of sp³-hybridized carbons (Fsp3) is 0.250. The van der Waals surface area contributed by atoms with Crippen LogP contribution in [0.4, 0.5) is 11.4 Å². The van der Waals surface area contributed by atoms with Crippen molar-refractivity contribution in [2.45, 2.75) is 19.5 Å². The summed E-state index contributed by atoms with van der Waals surface area (Å²) in [5.41, 5.74) is 8.94. The molecule has 0 fully saturated rings. The highest BCUT2D eigenvalue weighted by molar-refractivity contribution is 6.01. The van der Waals surface area contributed by atoms with E-state index < -0.39 is 28.8 Å². The molecule has 0 heterocycles. The van der Waals surface area contributed by atoms with Crippen molar-refractivity contribution in [3.8, 4) is 0 Å². The molecule has 0 spiro atoms. The zero-order chi connectivity index (χ0) is 23.8. The molecule has 12 nitrogen and oxygen atoms in total. The number of hydrogen-bond acceptors (Lipinski definition) is 8. The predicted octanol–water partition coefficient (Wildman–Crippen LogP) is 3.53. The van der Waals surface area contributed by atoms with Gasteiger partial charge in [0.2, 0.25) is 0 Å². The Morgan fingerprint density at radius 1 is 1.16 bits per heavy atom. The Hall–Kier alpha value is -4.44. The van der Waals surface area contributed by atoms with Gasteiger partial charge in [0.05, 0.1) is 30.4 Å². The smallest absolute Gasteiger partial charge is 0.337 e. The number of esters is 2. The van der Waals surface area contributed by atoms with Crippen molar-refractivity contribution in [2.24, 2.45) is 5.11 Å². The van der Waals surface area contributed by atoms with Gasteiger partial charge in [-0.1, -0.05) is 17.2 Å². The molecule has 0 aliphatic heterocycles. The number of benzene rings is 2. The molecule has 1 amide bonds. The van der Waals surface area contributed by atoms with Gasteiger partial charge in [0.1, 0.15) is 6.04 Å². The lowest BCUT2D eigenvalue weighted by Crippen LogP contribution is -2.43. The lowest BCUT2D eigenvalue weighted by Gasteiger charge is -2.28. The highest BCUT2D eigenvalue weighted by atomic mass is 16.6. The maximum absolute atomic E-state index is 13.3. The molecule has 0 saturated carbocycles. The van der Waals surface area contributed by atoms with Crippen molar-refractivity contribution in [3.05, 3.63) is 79.7 Å². The van der Waals surface area contributed by atoms with E-state index in [4.69, 9.17) is 10.3 Å². The van der Waals surface area contributed by atoms with Crippen LogP contribution in [0.1, 0.15) is 33.2 Å². The van der Waals surface area contributed by atoms with E-state index in [2.05, 4.69) is 14.8 Å². The third-order valence-electron chi connectivity index (χ3n) is 4.57. The number of non-ortho nitro benzene ring substituents is 1. The molecule has 2 aromatic carbocycles. The van der Waals surface area contributed by atoms with Crippen LogP contribution in [0.15, 0.2) is 47.6 Å². The minimum absolute atomic E-state index is 0.0662. The summed E-state index contributed by atoms with van der Waals surface area (Å²) in [7, 11) is 2.42. The number of hydrogen-bond donors (Lipinski definition) is 0. The second-order valence-corrected chi connectivity index (χ2v) is 6.47. The first-order chi connectivity index (χ1) is 15.2. The lowest BCUT2D eigenvalue weighted by atomic mass is 10.1. The van der Waals surface area contributed by atoms with E-state index in [9.17, 15) is 24.5 Å². The molecule has 0 aromatic heterocycles. The Balaban J connectivity index is 2.48. The molecule has 2 aromatic rings. The van der Waals surface area contributed by atoms with Crippen LogP contribution < -0.4 is 0 Å². The average Bonchev–Trinajstić information content (AvgIpc) is 2.81. The van der Waals surface area contributed by atoms with Gasteiger partial charge in [0.25, 0.3) is 11.6 Å². The van der Waals surface area contributed by atoms with Crippen LogP contribution in [0.2, 0.25) is 0 Å². The molecule has 1 atom stereocenters. The summed E-state index contributed by atoms with van der Waals surface area (Å²) in [6.45, 7) is 1.38. The minimum Gasteiger partial charge on any atom is -0.467 e. The Morgan fingerprint density at radius 2 is 1.81 bits per heavy atom. The van der Waals surface area contributed by atoms with Crippen LogP contribution >= 0.6 is 0 Å². The number of methoxy groups -OCH3 is 2. The number of carbonyl (C=O) groups excluding carboxylic acids is 3. The largest absolute Gasteiger partial charge is 0.467 e. The Bertz CT molecular complexity index is 1090. The van der Waals surface area contributed by atoms with Crippen molar-refractivity contribution < 1.29 is 28.8 Å². The molecule has 0 aliphatic carbocycles. The van der Waals surface area contributed by atoms with Crippen LogP contribution in [0.3, 0.4) is 0 Å². The molecule has 0 aliphatic rings. The molecule has 0 radical (unpaired) electrons. The third-order valence-corrected chi connectivity index (χ3v) is 4.57. The second-order valence-electron chi connectivity index (χ2n) is 6.47. The zero-order valence-corrected chi connectivity index (χ0v) is 17.4. The van der Waals surface area contributed by atoms with E-state index in [-0.39, 0.29) is 23.5 Å². The number of nitro benzene ring substituents is 1. The van der Waals surface area contributed by atoms with Gasteiger partial charge in [-0.15, -0.1) is 0 Å². The Kier molecular flexibility index (Phi) is 7.86. The number of rotatable bonds is 8. The summed E-state index contributed by atoms with van der Waals surface area (Å²) in [5.74, 6) is -1.94. The monoisotopic (exact) mass is 441 g/mol. The summed E-state index contributed by atoms with van der Waals surface area (Å²) < 4.78 is 9.39. The van der Waals surface area contributed by atoms with E-state index >= 15 is 0 Å². The van der Waals surface area contributed by atoms with Gasteiger partial charge in [-0.25, -0.2) is 9.59 Å². The maximum atomic E-state index is 13.3. The van der Waals surface area contributed by atoms with Crippen LogP contribution in [0.5, 0.6) is 0 Å². The molecule has 0 bridgehead atoms. The molecular formula is C20H19N5O7. The quantitative estimate of drug-likeness (QED) is 0.151. The first-order valence-corrected chi connectivity index (χ1v) is 9.13. The van der Waals surface area contributed by atoms with Gasteiger partial charge in [-0.05, 0) is 36.2 Å². The standard InChI is InChI=1S/C20H19N5O7/c1-12(19(27)31-2)24(11-13-4-6-14(7-5-13)20(28)32-3)18(26)16-9-8-15(25(29)30)10-17(16)22-23-21/h4-10,12H,11H2,1-3H3/t12-/m1/s1. The van der Waals surface area contributed by atoms with Crippen molar-refractivity contribution in [2.75, 3.05) is 14.2 Å². The first kappa shape index (κ1) is 23.8.